The summed E-state index contributed by atoms with van der Waals surface area (Å²) in [5.41, 5.74) is -2.21. The van der Waals surface area contributed by atoms with Crippen LogP contribution >= 0.6 is 0 Å². The maximum absolute atomic E-state index is 11.9. The lowest BCUT2D eigenvalue weighted by Crippen LogP contribution is -2.48. The van der Waals surface area contributed by atoms with E-state index in [2.05, 4.69) is 18.9 Å². The van der Waals surface area contributed by atoms with Gasteiger partial charge in [-0.2, -0.15) is 0 Å². The van der Waals surface area contributed by atoms with Crippen LogP contribution in [0.3, 0.4) is 0 Å². The minimum absolute atomic E-state index is 0.0213. The molecule has 0 fully saturated rings. The summed E-state index contributed by atoms with van der Waals surface area (Å²) in [4.78, 5) is 46.3. The zero-order chi connectivity index (χ0) is 16.5. The van der Waals surface area contributed by atoms with Crippen LogP contribution in [0.5, 0.6) is 0 Å². The molecule has 0 spiro atoms. The molecular formula is C12H18O9. The average Bonchev–Trinajstić information content (AvgIpc) is 2.45. The number of methoxy groups -OCH3 is 3. The minimum Gasteiger partial charge on any atom is -0.469 e. The summed E-state index contributed by atoms with van der Waals surface area (Å²) in [5.74, 6) is -2.87. The van der Waals surface area contributed by atoms with Crippen LogP contribution in [0.4, 0.5) is 4.79 Å². The minimum atomic E-state index is -2.21. The molecule has 21 heavy (non-hydrogen) atoms. The monoisotopic (exact) mass is 306 g/mol. The lowest BCUT2D eigenvalue weighted by Gasteiger charge is -2.28. The molecule has 0 aromatic carbocycles. The Labute approximate surface area is 121 Å². The van der Waals surface area contributed by atoms with Gasteiger partial charge in [0.2, 0.25) is 5.60 Å². The number of carbonyl (C=O) groups is 4. The molecular weight excluding hydrogens is 288 g/mol. The van der Waals surface area contributed by atoms with E-state index in [0.717, 1.165) is 21.3 Å². The van der Waals surface area contributed by atoms with Gasteiger partial charge in [0, 0.05) is 0 Å². The van der Waals surface area contributed by atoms with E-state index in [9.17, 15) is 19.2 Å². The van der Waals surface area contributed by atoms with Crippen molar-refractivity contribution >= 4 is 24.1 Å². The Morgan fingerprint density at radius 1 is 0.857 bits per heavy atom. The van der Waals surface area contributed by atoms with Crippen molar-refractivity contribution in [1.29, 1.82) is 0 Å². The smallest absolute Gasteiger partial charge is 0.469 e. The molecule has 0 atom stereocenters. The van der Waals surface area contributed by atoms with Crippen LogP contribution in [0.1, 0.15) is 19.8 Å². The second-order valence-corrected chi connectivity index (χ2v) is 3.78. The van der Waals surface area contributed by atoms with Crippen molar-refractivity contribution < 1.29 is 42.9 Å². The van der Waals surface area contributed by atoms with Crippen molar-refractivity contribution in [1.82, 2.24) is 0 Å². The molecule has 0 aromatic rings. The van der Waals surface area contributed by atoms with Gasteiger partial charge in [-0.3, -0.25) is 9.59 Å². The van der Waals surface area contributed by atoms with E-state index in [0.29, 0.717) is 0 Å². The summed E-state index contributed by atoms with van der Waals surface area (Å²) < 4.78 is 22.7. The summed E-state index contributed by atoms with van der Waals surface area (Å²) >= 11 is 0. The molecule has 0 aliphatic rings. The first-order valence-corrected chi connectivity index (χ1v) is 5.93. The Morgan fingerprint density at radius 3 is 1.67 bits per heavy atom. The molecule has 0 amide bonds. The lowest BCUT2D eigenvalue weighted by molar-refractivity contribution is -0.177. The number of ether oxygens (including phenoxy) is 5. The van der Waals surface area contributed by atoms with Gasteiger partial charge < -0.3 is 23.7 Å². The molecule has 0 N–H and O–H groups in total. The number of rotatable bonds is 7. The first kappa shape index (κ1) is 18.7. The van der Waals surface area contributed by atoms with Crippen molar-refractivity contribution in [3.8, 4) is 0 Å². The number of carbonyl (C=O) groups excluding carboxylic acids is 4. The second-order valence-electron chi connectivity index (χ2n) is 3.78. The molecule has 0 aliphatic heterocycles. The van der Waals surface area contributed by atoms with Gasteiger partial charge in [-0.15, -0.1) is 0 Å². The summed E-state index contributed by atoms with van der Waals surface area (Å²) in [6.07, 6.45) is -2.66. The van der Waals surface area contributed by atoms with Gasteiger partial charge in [0.1, 0.15) is 0 Å². The predicted octanol–water partition coefficient (Wildman–Crippen LogP) is 0.197. The van der Waals surface area contributed by atoms with E-state index in [1.165, 1.54) is 6.92 Å². The van der Waals surface area contributed by atoms with Gasteiger partial charge in [0.15, 0.2) is 0 Å². The van der Waals surface area contributed by atoms with E-state index in [1.807, 2.05) is 0 Å². The topological polar surface area (TPSA) is 114 Å². The molecule has 0 rings (SSSR count). The molecule has 0 saturated heterocycles. The van der Waals surface area contributed by atoms with E-state index >= 15 is 0 Å². The van der Waals surface area contributed by atoms with Crippen LogP contribution in [-0.2, 0) is 38.1 Å². The van der Waals surface area contributed by atoms with Crippen molar-refractivity contribution in [2.75, 3.05) is 27.9 Å². The Bertz CT molecular complexity index is 384. The molecule has 0 aromatic heterocycles. The van der Waals surface area contributed by atoms with E-state index in [1.54, 1.807) is 0 Å². The zero-order valence-electron chi connectivity index (χ0n) is 12.3. The number of hydrogen-bond acceptors (Lipinski definition) is 9. The van der Waals surface area contributed by atoms with Crippen LogP contribution < -0.4 is 0 Å². The first-order chi connectivity index (χ1) is 9.84. The van der Waals surface area contributed by atoms with Gasteiger partial charge in [-0.1, -0.05) is 0 Å². The number of hydrogen-bond donors (Lipinski definition) is 0. The Morgan fingerprint density at radius 2 is 1.33 bits per heavy atom. The van der Waals surface area contributed by atoms with Crippen LogP contribution in [-0.4, -0.2) is 57.6 Å². The molecule has 0 radical (unpaired) electrons. The Balaban J connectivity index is 5.48. The van der Waals surface area contributed by atoms with Crippen LogP contribution in [0.2, 0.25) is 0 Å². The van der Waals surface area contributed by atoms with Gasteiger partial charge in [0.05, 0.1) is 40.8 Å². The largest absolute Gasteiger partial charge is 0.509 e. The first-order valence-electron chi connectivity index (χ1n) is 5.93. The lowest BCUT2D eigenvalue weighted by atomic mass is 9.95. The quantitative estimate of drug-likeness (QED) is 0.480. The fourth-order valence-corrected chi connectivity index (χ4v) is 1.42. The van der Waals surface area contributed by atoms with E-state index < -0.39 is 42.5 Å². The molecule has 9 heteroatoms. The molecule has 9 nitrogen and oxygen atoms in total. The molecule has 0 unspecified atom stereocenters. The van der Waals surface area contributed by atoms with Crippen LogP contribution in [0.15, 0.2) is 0 Å². The summed E-state index contributed by atoms with van der Waals surface area (Å²) in [6, 6.07) is 0. The highest BCUT2D eigenvalue weighted by Crippen LogP contribution is 2.25. The van der Waals surface area contributed by atoms with Gasteiger partial charge in [-0.25, -0.2) is 9.59 Å². The van der Waals surface area contributed by atoms with Gasteiger partial charge in [0.25, 0.3) is 0 Å². The van der Waals surface area contributed by atoms with Crippen molar-refractivity contribution in [3.63, 3.8) is 0 Å². The Kier molecular flexibility index (Phi) is 7.80. The molecule has 120 valence electrons. The second kappa shape index (κ2) is 8.77. The Hall–Kier alpha value is -2.32. The molecule has 0 saturated carbocycles. The average molecular weight is 306 g/mol. The molecule has 0 heterocycles. The van der Waals surface area contributed by atoms with E-state index in [-0.39, 0.29) is 6.61 Å². The van der Waals surface area contributed by atoms with Crippen LogP contribution in [0, 0.1) is 0 Å². The van der Waals surface area contributed by atoms with Crippen molar-refractivity contribution in [3.05, 3.63) is 0 Å². The third-order valence-electron chi connectivity index (χ3n) is 2.41. The highest BCUT2D eigenvalue weighted by molar-refractivity contribution is 5.91. The maximum atomic E-state index is 11.9. The zero-order valence-corrected chi connectivity index (χ0v) is 12.3. The third-order valence-corrected chi connectivity index (χ3v) is 2.41. The van der Waals surface area contributed by atoms with Gasteiger partial charge >= 0.3 is 24.1 Å². The highest BCUT2D eigenvalue weighted by Gasteiger charge is 2.49. The SMILES string of the molecule is CCOC(=O)OC(CC(=O)OC)(CC(=O)OC)C(=O)OC. The summed E-state index contributed by atoms with van der Waals surface area (Å²) in [5, 5.41) is 0. The standard InChI is InChI=1S/C12H18O9/c1-5-20-11(16)21-12(10(15)19-4,6-8(13)17-2)7-9(14)18-3/h5-7H2,1-4H3. The molecule has 0 aliphatic carbocycles. The highest BCUT2D eigenvalue weighted by atomic mass is 16.7. The maximum Gasteiger partial charge on any atom is 0.509 e. The fraction of sp³-hybridized carbons (Fsp3) is 0.667. The number of esters is 3. The normalized spacial score (nSPS) is 10.3. The van der Waals surface area contributed by atoms with Crippen molar-refractivity contribution in [2.45, 2.75) is 25.4 Å². The van der Waals surface area contributed by atoms with Gasteiger partial charge in [-0.05, 0) is 6.92 Å². The third kappa shape index (κ3) is 5.67. The van der Waals surface area contributed by atoms with Crippen molar-refractivity contribution in [2.24, 2.45) is 0 Å². The van der Waals surface area contributed by atoms with Crippen LogP contribution in [0.25, 0.3) is 0 Å². The molecule has 0 bridgehead atoms. The predicted molar refractivity (Wildman–Crippen MR) is 66.1 cm³/mol. The fourth-order valence-electron chi connectivity index (χ4n) is 1.42. The summed E-state index contributed by atoms with van der Waals surface area (Å²) in [7, 11) is 3.17. The van der Waals surface area contributed by atoms with E-state index in [4.69, 9.17) is 4.74 Å². The summed E-state index contributed by atoms with van der Waals surface area (Å²) in [6.45, 7) is 1.49.